The molecule has 1 aromatic carbocycles. The Labute approximate surface area is 114 Å². The SMILES string of the molecule is CC1CCCN(Cc2c[nH]c3ccccc23)C1CN. The van der Waals surface area contributed by atoms with Crippen LogP contribution < -0.4 is 5.73 Å². The summed E-state index contributed by atoms with van der Waals surface area (Å²) < 4.78 is 0. The highest BCUT2D eigenvalue weighted by molar-refractivity contribution is 5.82. The zero-order chi connectivity index (χ0) is 13.2. The standard InChI is InChI=1S/C16H23N3/c1-12-5-4-8-19(16(12)9-17)11-13-10-18-15-7-3-2-6-14(13)15/h2-3,6-7,10,12,16,18H,4-5,8-9,11,17H2,1H3. The second-order valence-corrected chi connectivity index (χ2v) is 5.75. The van der Waals surface area contributed by atoms with Crippen molar-refractivity contribution < 1.29 is 0 Å². The van der Waals surface area contributed by atoms with Gasteiger partial charge in [0.2, 0.25) is 0 Å². The van der Waals surface area contributed by atoms with Gasteiger partial charge in [-0.3, -0.25) is 4.90 Å². The molecule has 2 atom stereocenters. The molecule has 0 aliphatic carbocycles. The number of para-hydroxylation sites is 1. The zero-order valence-electron chi connectivity index (χ0n) is 11.6. The monoisotopic (exact) mass is 257 g/mol. The van der Waals surface area contributed by atoms with E-state index in [1.807, 2.05) is 0 Å². The van der Waals surface area contributed by atoms with E-state index >= 15 is 0 Å². The lowest BCUT2D eigenvalue weighted by atomic mass is 9.90. The minimum Gasteiger partial charge on any atom is -0.361 e. The predicted octanol–water partition coefficient (Wildman–Crippen LogP) is 2.73. The highest BCUT2D eigenvalue weighted by atomic mass is 15.2. The summed E-state index contributed by atoms with van der Waals surface area (Å²) >= 11 is 0. The first-order chi connectivity index (χ1) is 9.29. The van der Waals surface area contributed by atoms with Gasteiger partial charge in [-0.2, -0.15) is 0 Å². The van der Waals surface area contributed by atoms with Crippen molar-refractivity contribution in [2.45, 2.75) is 32.4 Å². The number of benzene rings is 1. The van der Waals surface area contributed by atoms with Crippen molar-refractivity contribution in [3.05, 3.63) is 36.0 Å². The number of nitrogens with two attached hydrogens (primary N) is 1. The highest BCUT2D eigenvalue weighted by Crippen LogP contribution is 2.26. The van der Waals surface area contributed by atoms with Crippen molar-refractivity contribution in [2.75, 3.05) is 13.1 Å². The van der Waals surface area contributed by atoms with Crippen LogP contribution in [0.5, 0.6) is 0 Å². The Morgan fingerprint density at radius 2 is 2.21 bits per heavy atom. The van der Waals surface area contributed by atoms with Gasteiger partial charge in [0.25, 0.3) is 0 Å². The molecule has 102 valence electrons. The Balaban J connectivity index is 1.83. The van der Waals surface area contributed by atoms with E-state index in [-0.39, 0.29) is 0 Å². The van der Waals surface area contributed by atoms with Crippen LogP contribution in [0.25, 0.3) is 10.9 Å². The van der Waals surface area contributed by atoms with Crippen molar-refractivity contribution in [2.24, 2.45) is 11.7 Å². The fraction of sp³-hybridized carbons (Fsp3) is 0.500. The van der Waals surface area contributed by atoms with E-state index in [2.05, 4.69) is 47.3 Å². The lowest BCUT2D eigenvalue weighted by Crippen LogP contribution is -2.47. The third kappa shape index (κ3) is 2.40. The second kappa shape index (κ2) is 5.35. The number of nitrogens with one attached hydrogen (secondary N) is 1. The summed E-state index contributed by atoms with van der Waals surface area (Å²) in [7, 11) is 0. The summed E-state index contributed by atoms with van der Waals surface area (Å²) in [5.41, 5.74) is 8.60. The molecule has 3 rings (SSSR count). The molecule has 1 saturated heterocycles. The van der Waals surface area contributed by atoms with Gasteiger partial charge >= 0.3 is 0 Å². The normalized spacial score (nSPS) is 24.9. The molecule has 2 heterocycles. The molecule has 2 aromatic rings. The summed E-state index contributed by atoms with van der Waals surface area (Å²) in [6, 6.07) is 9.06. The number of hydrogen-bond acceptors (Lipinski definition) is 2. The molecule has 3 heteroatoms. The number of rotatable bonds is 3. The molecule has 2 unspecified atom stereocenters. The molecule has 1 aromatic heterocycles. The van der Waals surface area contributed by atoms with Crippen LogP contribution in [-0.2, 0) is 6.54 Å². The van der Waals surface area contributed by atoms with Gasteiger partial charge < -0.3 is 10.7 Å². The first kappa shape index (κ1) is 12.7. The van der Waals surface area contributed by atoms with Crippen LogP contribution in [0.15, 0.2) is 30.5 Å². The number of piperidine rings is 1. The van der Waals surface area contributed by atoms with E-state index in [0.717, 1.165) is 13.1 Å². The van der Waals surface area contributed by atoms with Crippen molar-refractivity contribution in [1.29, 1.82) is 0 Å². The van der Waals surface area contributed by atoms with Gasteiger partial charge in [-0.15, -0.1) is 0 Å². The zero-order valence-corrected chi connectivity index (χ0v) is 11.6. The van der Waals surface area contributed by atoms with Gasteiger partial charge in [-0.25, -0.2) is 0 Å². The third-order valence-electron chi connectivity index (χ3n) is 4.52. The van der Waals surface area contributed by atoms with Crippen LogP contribution >= 0.6 is 0 Å². The second-order valence-electron chi connectivity index (χ2n) is 5.75. The quantitative estimate of drug-likeness (QED) is 0.888. The Morgan fingerprint density at radius 1 is 1.37 bits per heavy atom. The van der Waals surface area contributed by atoms with Crippen LogP contribution in [0.1, 0.15) is 25.3 Å². The highest BCUT2D eigenvalue weighted by Gasteiger charge is 2.27. The summed E-state index contributed by atoms with van der Waals surface area (Å²) in [4.78, 5) is 5.92. The van der Waals surface area contributed by atoms with E-state index in [9.17, 15) is 0 Å². The summed E-state index contributed by atoms with van der Waals surface area (Å²) in [5.74, 6) is 0.712. The number of aromatic nitrogens is 1. The molecule has 1 fully saturated rings. The van der Waals surface area contributed by atoms with Crippen LogP contribution in [0.2, 0.25) is 0 Å². The number of fused-ring (bicyclic) bond motifs is 1. The van der Waals surface area contributed by atoms with Gasteiger partial charge in [-0.1, -0.05) is 25.1 Å². The molecule has 0 bridgehead atoms. The number of hydrogen-bond donors (Lipinski definition) is 2. The van der Waals surface area contributed by atoms with E-state index < -0.39 is 0 Å². The fourth-order valence-electron chi connectivity index (χ4n) is 3.39. The summed E-state index contributed by atoms with van der Waals surface area (Å²) in [5, 5.41) is 1.34. The molecule has 1 aliphatic heterocycles. The van der Waals surface area contributed by atoms with Crippen molar-refractivity contribution in [3.63, 3.8) is 0 Å². The van der Waals surface area contributed by atoms with Crippen LogP contribution in [0.4, 0.5) is 0 Å². The van der Waals surface area contributed by atoms with E-state index in [1.165, 1.54) is 35.9 Å². The molecular weight excluding hydrogens is 234 g/mol. The largest absolute Gasteiger partial charge is 0.361 e. The third-order valence-corrected chi connectivity index (χ3v) is 4.52. The van der Waals surface area contributed by atoms with Gasteiger partial charge in [0.1, 0.15) is 0 Å². The maximum atomic E-state index is 5.98. The van der Waals surface area contributed by atoms with Gasteiger partial charge in [0, 0.05) is 36.2 Å². The minimum atomic E-state index is 0.530. The van der Waals surface area contributed by atoms with Gasteiger partial charge in [0.15, 0.2) is 0 Å². The molecule has 3 N–H and O–H groups in total. The fourth-order valence-corrected chi connectivity index (χ4v) is 3.39. The predicted molar refractivity (Wildman–Crippen MR) is 79.9 cm³/mol. The van der Waals surface area contributed by atoms with Crippen molar-refractivity contribution >= 4 is 10.9 Å². The van der Waals surface area contributed by atoms with Gasteiger partial charge in [-0.05, 0) is 36.9 Å². The minimum absolute atomic E-state index is 0.530. The van der Waals surface area contributed by atoms with E-state index in [0.29, 0.717) is 12.0 Å². The van der Waals surface area contributed by atoms with Crippen LogP contribution in [-0.4, -0.2) is 29.0 Å². The van der Waals surface area contributed by atoms with E-state index in [1.54, 1.807) is 0 Å². The molecule has 0 spiro atoms. The molecule has 19 heavy (non-hydrogen) atoms. The lowest BCUT2D eigenvalue weighted by Gasteiger charge is -2.39. The average Bonchev–Trinajstić information content (AvgIpc) is 2.83. The smallest absolute Gasteiger partial charge is 0.0457 e. The maximum absolute atomic E-state index is 5.98. The number of H-pyrrole nitrogens is 1. The number of nitrogens with zero attached hydrogens (tertiary/aromatic N) is 1. The molecule has 0 amide bonds. The molecule has 1 aliphatic rings. The van der Waals surface area contributed by atoms with E-state index in [4.69, 9.17) is 5.73 Å². The lowest BCUT2D eigenvalue weighted by molar-refractivity contribution is 0.0995. The molecular formula is C16H23N3. The number of likely N-dealkylation sites (tertiary alicyclic amines) is 1. The van der Waals surface area contributed by atoms with Crippen molar-refractivity contribution in [1.82, 2.24) is 9.88 Å². The Hall–Kier alpha value is -1.32. The van der Waals surface area contributed by atoms with Crippen molar-refractivity contribution in [3.8, 4) is 0 Å². The molecule has 0 saturated carbocycles. The van der Waals surface area contributed by atoms with Gasteiger partial charge in [0.05, 0.1) is 0 Å². The summed E-state index contributed by atoms with van der Waals surface area (Å²) in [6.45, 7) is 5.28. The first-order valence-corrected chi connectivity index (χ1v) is 7.28. The Kier molecular flexibility index (Phi) is 3.58. The Morgan fingerprint density at radius 3 is 3.05 bits per heavy atom. The topological polar surface area (TPSA) is 45.0 Å². The van der Waals surface area contributed by atoms with Crippen LogP contribution in [0, 0.1) is 5.92 Å². The maximum Gasteiger partial charge on any atom is 0.0457 e. The average molecular weight is 257 g/mol. The summed E-state index contributed by atoms with van der Waals surface area (Å²) in [6.07, 6.45) is 4.75. The molecule has 0 radical (unpaired) electrons. The molecule has 3 nitrogen and oxygen atoms in total. The first-order valence-electron chi connectivity index (χ1n) is 7.28. The number of aromatic amines is 1. The van der Waals surface area contributed by atoms with Crippen LogP contribution in [0.3, 0.4) is 0 Å². The Bertz CT molecular complexity index is 546.